The van der Waals surface area contributed by atoms with E-state index in [1.807, 2.05) is 36.4 Å². The highest BCUT2D eigenvalue weighted by atomic mass is 35.5. The van der Waals surface area contributed by atoms with Crippen molar-refractivity contribution in [3.63, 3.8) is 0 Å². The minimum Gasteiger partial charge on any atom is -0.311 e. The summed E-state index contributed by atoms with van der Waals surface area (Å²) in [5, 5.41) is 1.42. The van der Waals surface area contributed by atoms with Crippen molar-refractivity contribution in [2.45, 2.75) is 0 Å². The first-order valence-corrected chi connectivity index (χ1v) is 21.4. The topological polar surface area (TPSA) is 6.48 Å². The highest BCUT2D eigenvalue weighted by Gasteiger charge is 2.15. The van der Waals surface area contributed by atoms with Crippen LogP contribution in [0.4, 0.5) is 34.1 Å². The molecule has 9 rings (SSSR count). The van der Waals surface area contributed by atoms with Crippen LogP contribution in [-0.2, 0) is 0 Å². The summed E-state index contributed by atoms with van der Waals surface area (Å²) in [6.07, 6.45) is 8.89. The van der Waals surface area contributed by atoms with Crippen molar-refractivity contribution in [3.05, 3.63) is 263 Å². The first-order chi connectivity index (χ1) is 30.6. The molecule has 62 heavy (non-hydrogen) atoms. The SMILES string of the molecule is Clc1ccc(N(c2ccccc2)c2ccc(/C=C\c3cc(-c4ccccc4)c(/C=C\c4ccc(N(c5ccccc5)c5ccc(Cl)cc5)cc4)cc3-c3ccccc3)cc2)cc1. The minimum absolute atomic E-state index is 0.712. The molecule has 0 fully saturated rings. The summed E-state index contributed by atoms with van der Waals surface area (Å²) < 4.78 is 0. The molecule has 0 heterocycles. The van der Waals surface area contributed by atoms with Gasteiger partial charge >= 0.3 is 0 Å². The molecule has 0 aliphatic carbocycles. The van der Waals surface area contributed by atoms with Crippen LogP contribution in [0, 0.1) is 0 Å². The van der Waals surface area contributed by atoms with Gasteiger partial charge in [-0.15, -0.1) is 0 Å². The molecule has 298 valence electrons. The van der Waals surface area contributed by atoms with Gasteiger partial charge in [0, 0.05) is 44.2 Å². The molecule has 9 aromatic rings. The van der Waals surface area contributed by atoms with Gasteiger partial charge < -0.3 is 9.80 Å². The summed E-state index contributed by atoms with van der Waals surface area (Å²) in [5.74, 6) is 0. The molecule has 0 spiro atoms. The minimum atomic E-state index is 0.712. The van der Waals surface area contributed by atoms with Crippen LogP contribution in [-0.4, -0.2) is 0 Å². The number of rotatable bonds is 12. The lowest BCUT2D eigenvalue weighted by atomic mass is 9.90. The van der Waals surface area contributed by atoms with Crippen LogP contribution in [0.15, 0.2) is 231 Å². The zero-order chi connectivity index (χ0) is 42.1. The van der Waals surface area contributed by atoms with Crippen LogP contribution in [0.2, 0.25) is 10.0 Å². The van der Waals surface area contributed by atoms with E-state index in [4.69, 9.17) is 23.2 Å². The maximum Gasteiger partial charge on any atom is 0.0462 e. The lowest BCUT2D eigenvalue weighted by molar-refractivity contribution is 1.28. The Morgan fingerprint density at radius 2 is 0.548 bits per heavy atom. The van der Waals surface area contributed by atoms with Crippen LogP contribution in [0.3, 0.4) is 0 Å². The van der Waals surface area contributed by atoms with Crippen LogP contribution >= 0.6 is 23.2 Å². The summed E-state index contributed by atoms with van der Waals surface area (Å²) in [7, 11) is 0. The summed E-state index contributed by atoms with van der Waals surface area (Å²) in [6, 6.07) is 80.1. The van der Waals surface area contributed by atoms with Gasteiger partial charge in [-0.1, -0.05) is 169 Å². The van der Waals surface area contributed by atoms with Gasteiger partial charge in [0.2, 0.25) is 0 Å². The molecule has 2 nitrogen and oxygen atoms in total. The molecule has 9 aromatic carbocycles. The Labute approximate surface area is 374 Å². The standard InChI is InChI=1S/C58H42Cl2N2/c59-49-29-37-55(38-30-49)61(51-17-9-3-10-18-51)53-33-23-43(24-34-53)21-27-47-42-58(46-15-7-2-8-16-46)48(41-57(47)45-13-5-1-6-14-45)28-22-44-25-35-54(36-26-44)62(52-19-11-4-12-20-52)56-39-31-50(60)32-40-56/h1-42H/b27-21-,28-22-. The van der Waals surface area contributed by atoms with Crippen molar-refractivity contribution in [2.75, 3.05) is 9.80 Å². The smallest absolute Gasteiger partial charge is 0.0462 e. The second-order valence-electron chi connectivity index (χ2n) is 14.9. The van der Waals surface area contributed by atoms with Gasteiger partial charge in [-0.2, -0.15) is 0 Å². The van der Waals surface area contributed by atoms with Crippen LogP contribution in [0.5, 0.6) is 0 Å². The Morgan fingerprint density at radius 1 is 0.274 bits per heavy atom. The quantitative estimate of drug-likeness (QED) is 0.113. The molecule has 0 aliphatic rings. The fourth-order valence-electron chi connectivity index (χ4n) is 7.71. The van der Waals surface area contributed by atoms with Gasteiger partial charge in [0.1, 0.15) is 0 Å². The Morgan fingerprint density at radius 3 is 0.871 bits per heavy atom. The van der Waals surface area contributed by atoms with E-state index in [2.05, 4.69) is 228 Å². The van der Waals surface area contributed by atoms with E-state index in [-0.39, 0.29) is 0 Å². The Bertz CT molecular complexity index is 2710. The van der Waals surface area contributed by atoms with Crippen molar-refractivity contribution in [2.24, 2.45) is 0 Å². The third kappa shape index (κ3) is 9.33. The zero-order valence-electron chi connectivity index (χ0n) is 33.9. The number of halogens is 2. The molecule has 0 unspecified atom stereocenters. The van der Waals surface area contributed by atoms with Gasteiger partial charge in [0.15, 0.2) is 0 Å². The van der Waals surface area contributed by atoms with E-state index in [1.165, 1.54) is 0 Å². The monoisotopic (exact) mass is 836 g/mol. The van der Waals surface area contributed by atoms with Crippen molar-refractivity contribution in [3.8, 4) is 22.3 Å². The summed E-state index contributed by atoms with van der Waals surface area (Å²) in [4.78, 5) is 4.48. The van der Waals surface area contributed by atoms with E-state index >= 15 is 0 Å². The second kappa shape index (κ2) is 18.9. The summed E-state index contributed by atoms with van der Waals surface area (Å²) >= 11 is 12.5. The third-order valence-electron chi connectivity index (χ3n) is 10.8. The van der Waals surface area contributed by atoms with Gasteiger partial charge in [-0.05, 0) is 154 Å². The number of anilines is 6. The molecular weight excluding hydrogens is 796 g/mol. The largest absolute Gasteiger partial charge is 0.311 e. The van der Waals surface area contributed by atoms with Gasteiger partial charge in [-0.3, -0.25) is 0 Å². The average Bonchev–Trinajstić information content (AvgIpc) is 3.33. The Balaban J connectivity index is 1.06. The van der Waals surface area contributed by atoms with E-state index in [0.29, 0.717) is 10.0 Å². The predicted molar refractivity (Wildman–Crippen MR) is 267 cm³/mol. The van der Waals surface area contributed by atoms with E-state index in [1.54, 1.807) is 0 Å². The van der Waals surface area contributed by atoms with E-state index in [0.717, 1.165) is 78.6 Å². The molecule has 4 heteroatoms. The first-order valence-electron chi connectivity index (χ1n) is 20.6. The Hall–Kier alpha value is -7.36. The van der Waals surface area contributed by atoms with Gasteiger partial charge in [-0.25, -0.2) is 0 Å². The number of para-hydroxylation sites is 2. The third-order valence-corrected chi connectivity index (χ3v) is 11.3. The lowest BCUT2D eigenvalue weighted by Gasteiger charge is -2.25. The van der Waals surface area contributed by atoms with Crippen molar-refractivity contribution >= 4 is 81.6 Å². The van der Waals surface area contributed by atoms with Crippen molar-refractivity contribution < 1.29 is 0 Å². The van der Waals surface area contributed by atoms with Crippen molar-refractivity contribution in [1.82, 2.24) is 0 Å². The summed E-state index contributed by atoms with van der Waals surface area (Å²) in [6.45, 7) is 0. The highest BCUT2D eigenvalue weighted by Crippen LogP contribution is 2.38. The normalized spacial score (nSPS) is 11.3. The molecule has 0 aromatic heterocycles. The average molecular weight is 838 g/mol. The molecule has 0 amide bonds. The molecule has 0 N–H and O–H groups in total. The first kappa shape index (κ1) is 40.1. The number of hydrogen-bond donors (Lipinski definition) is 0. The van der Waals surface area contributed by atoms with E-state index in [9.17, 15) is 0 Å². The Kier molecular flexibility index (Phi) is 12.2. The number of nitrogens with zero attached hydrogens (tertiary/aromatic N) is 2. The van der Waals surface area contributed by atoms with Gasteiger partial charge in [0.25, 0.3) is 0 Å². The summed E-state index contributed by atoms with van der Waals surface area (Å²) in [5.41, 5.74) is 15.5. The number of benzene rings is 9. The molecular formula is C58H42Cl2N2. The molecule has 0 aliphatic heterocycles. The highest BCUT2D eigenvalue weighted by molar-refractivity contribution is 6.31. The predicted octanol–water partition coefficient (Wildman–Crippen LogP) is 17.6. The lowest BCUT2D eigenvalue weighted by Crippen LogP contribution is -2.09. The molecule has 0 saturated carbocycles. The molecule has 0 saturated heterocycles. The number of hydrogen-bond acceptors (Lipinski definition) is 2. The van der Waals surface area contributed by atoms with Crippen molar-refractivity contribution in [1.29, 1.82) is 0 Å². The molecule has 0 bridgehead atoms. The fraction of sp³-hybridized carbons (Fsp3) is 0. The van der Waals surface area contributed by atoms with Crippen LogP contribution in [0.25, 0.3) is 46.6 Å². The molecule has 0 atom stereocenters. The van der Waals surface area contributed by atoms with E-state index < -0.39 is 0 Å². The van der Waals surface area contributed by atoms with Gasteiger partial charge in [0.05, 0.1) is 0 Å². The zero-order valence-corrected chi connectivity index (χ0v) is 35.4. The fourth-order valence-corrected chi connectivity index (χ4v) is 7.97. The second-order valence-corrected chi connectivity index (χ2v) is 15.8. The maximum absolute atomic E-state index is 6.27. The maximum atomic E-state index is 6.27. The molecule has 0 radical (unpaired) electrons. The van der Waals surface area contributed by atoms with Crippen LogP contribution < -0.4 is 9.80 Å². The van der Waals surface area contributed by atoms with Crippen LogP contribution in [0.1, 0.15) is 22.3 Å².